The van der Waals surface area contributed by atoms with E-state index < -0.39 is 0 Å². The zero-order valence-corrected chi connectivity index (χ0v) is 11.4. The third-order valence-electron chi connectivity index (χ3n) is 2.19. The lowest BCUT2D eigenvalue weighted by molar-refractivity contribution is 0.111. The Morgan fingerprint density at radius 1 is 1.25 bits per heavy atom. The maximum Gasteiger partial charge on any atom is 0.185 e. The molecule has 0 atom stereocenters. The van der Waals surface area contributed by atoms with Crippen molar-refractivity contribution in [3.8, 4) is 0 Å². The van der Waals surface area contributed by atoms with Gasteiger partial charge in [0.2, 0.25) is 0 Å². The second-order valence-electron chi connectivity index (χ2n) is 3.24. The molecule has 0 aliphatic rings. The Bertz CT molecular complexity index is 508. The molecule has 3 nitrogen and oxygen atoms in total. The fourth-order valence-corrected chi connectivity index (χ4v) is 2.22. The van der Waals surface area contributed by atoms with Gasteiger partial charge in [-0.2, -0.15) is 0 Å². The van der Waals surface area contributed by atoms with Crippen molar-refractivity contribution in [3.05, 3.63) is 50.9 Å². The van der Waals surface area contributed by atoms with Crippen LogP contribution in [0.15, 0.2) is 39.5 Å². The molecule has 82 valence electrons. The number of imidazole rings is 1. The fraction of sp³-hybridized carbons (Fsp3) is 0.0909. The zero-order chi connectivity index (χ0) is 11.5. The van der Waals surface area contributed by atoms with Crippen molar-refractivity contribution in [2.24, 2.45) is 0 Å². The molecule has 0 amide bonds. The predicted octanol–water partition coefficient (Wildman–Crippen LogP) is 3.27. The number of halogens is 2. The number of aromatic nitrogens is 2. The number of benzene rings is 1. The second-order valence-corrected chi connectivity index (χ2v) is 4.74. The molecule has 2 rings (SSSR count). The Morgan fingerprint density at radius 3 is 2.56 bits per heavy atom. The standard InChI is InChI=1S/C11H8Br2N2O/c12-10-11(13)15(9(7-16)14-10)6-8-4-2-1-3-5-8/h1-5,7H,6H2. The summed E-state index contributed by atoms with van der Waals surface area (Å²) in [7, 11) is 0. The van der Waals surface area contributed by atoms with Gasteiger partial charge in [0, 0.05) is 0 Å². The molecular weight excluding hydrogens is 336 g/mol. The topological polar surface area (TPSA) is 34.9 Å². The summed E-state index contributed by atoms with van der Waals surface area (Å²) in [5.41, 5.74) is 1.12. The monoisotopic (exact) mass is 342 g/mol. The minimum absolute atomic E-state index is 0.405. The smallest absolute Gasteiger partial charge is 0.185 e. The lowest BCUT2D eigenvalue weighted by Crippen LogP contribution is -2.04. The average Bonchev–Trinajstić information content (AvgIpc) is 2.58. The summed E-state index contributed by atoms with van der Waals surface area (Å²) < 4.78 is 3.23. The number of hydrogen-bond acceptors (Lipinski definition) is 2. The van der Waals surface area contributed by atoms with Crippen molar-refractivity contribution < 1.29 is 4.79 Å². The molecule has 0 radical (unpaired) electrons. The first kappa shape index (κ1) is 11.5. The average molecular weight is 344 g/mol. The minimum atomic E-state index is 0.405. The molecule has 0 aliphatic heterocycles. The maximum atomic E-state index is 10.9. The van der Waals surface area contributed by atoms with Gasteiger partial charge < -0.3 is 4.57 Å². The summed E-state index contributed by atoms with van der Waals surface area (Å²) in [6, 6.07) is 9.92. The van der Waals surface area contributed by atoms with Gasteiger partial charge in [0.05, 0.1) is 6.54 Å². The van der Waals surface area contributed by atoms with Crippen molar-refractivity contribution in [2.75, 3.05) is 0 Å². The Hall–Kier alpha value is -0.940. The van der Waals surface area contributed by atoms with Crippen LogP contribution in [0, 0.1) is 0 Å². The molecule has 2 aromatic rings. The Kier molecular flexibility index (Phi) is 3.56. The lowest BCUT2D eigenvalue weighted by Gasteiger charge is -2.05. The first-order chi connectivity index (χ1) is 7.72. The van der Waals surface area contributed by atoms with Crippen LogP contribution in [0.3, 0.4) is 0 Å². The van der Waals surface area contributed by atoms with E-state index in [9.17, 15) is 4.79 Å². The van der Waals surface area contributed by atoms with E-state index in [4.69, 9.17) is 0 Å². The van der Waals surface area contributed by atoms with Crippen LogP contribution in [0.5, 0.6) is 0 Å². The van der Waals surface area contributed by atoms with Crippen molar-refractivity contribution in [2.45, 2.75) is 6.54 Å². The van der Waals surface area contributed by atoms with E-state index in [1.807, 2.05) is 34.9 Å². The molecule has 0 saturated carbocycles. The highest BCUT2D eigenvalue weighted by atomic mass is 79.9. The molecule has 1 aromatic carbocycles. The van der Waals surface area contributed by atoms with E-state index in [1.165, 1.54) is 0 Å². The highest BCUT2D eigenvalue weighted by molar-refractivity contribution is 9.13. The van der Waals surface area contributed by atoms with Crippen LogP contribution >= 0.6 is 31.9 Å². The van der Waals surface area contributed by atoms with E-state index in [-0.39, 0.29) is 0 Å². The number of hydrogen-bond donors (Lipinski definition) is 0. The summed E-state index contributed by atoms with van der Waals surface area (Å²) in [6.45, 7) is 0.619. The van der Waals surface area contributed by atoms with E-state index in [2.05, 4.69) is 36.8 Å². The number of carbonyl (C=O) groups excluding carboxylic acids is 1. The summed E-state index contributed by atoms with van der Waals surface area (Å²) in [4.78, 5) is 14.9. The molecule has 0 saturated heterocycles. The van der Waals surface area contributed by atoms with Gasteiger partial charge in [0.15, 0.2) is 12.1 Å². The summed E-state index contributed by atoms with van der Waals surface area (Å²) in [5.74, 6) is 0.405. The third kappa shape index (κ3) is 2.25. The second kappa shape index (κ2) is 4.93. The number of aldehydes is 1. The van der Waals surface area contributed by atoms with Gasteiger partial charge in [-0.25, -0.2) is 4.98 Å². The van der Waals surface area contributed by atoms with Gasteiger partial charge in [-0.05, 0) is 37.4 Å². The highest BCUT2D eigenvalue weighted by Gasteiger charge is 2.12. The molecule has 0 spiro atoms. The van der Waals surface area contributed by atoms with E-state index in [1.54, 1.807) is 0 Å². The maximum absolute atomic E-state index is 10.9. The quantitative estimate of drug-likeness (QED) is 0.802. The Morgan fingerprint density at radius 2 is 1.94 bits per heavy atom. The van der Waals surface area contributed by atoms with E-state index in [0.717, 1.165) is 16.5 Å². The van der Waals surface area contributed by atoms with Crippen LogP contribution in [0.1, 0.15) is 16.2 Å². The first-order valence-corrected chi connectivity index (χ1v) is 6.21. The fourth-order valence-electron chi connectivity index (χ4n) is 1.43. The number of carbonyl (C=O) groups is 1. The van der Waals surface area contributed by atoms with Crippen LogP contribution in [-0.2, 0) is 6.54 Å². The molecule has 0 bridgehead atoms. The Balaban J connectivity index is 2.38. The minimum Gasteiger partial charge on any atom is -0.311 e. The SMILES string of the molecule is O=Cc1nc(Br)c(Br)n1Cc1ccccc1. The van der Waals surface area contributed by atoms with Crippen molar-refractivity contribution in [3.63, 3.8) is 0 Å². The summed E-state index contributed by atoms with van der Waals surface area (Å²) in [6.07, 6.45) is 0.748. The van der Waals surface area contributed by atoms with Gasteiger partial charge in [-0.1, -0.05) is 30.3 Å². The molecule has 1 aromatic heterocycles. The predicted molar refractivity (Wildman–Crippen MR) is 68.6 cm³/mol. The van der Waals surface area contributed by atoms with Crippen molar-refractivity contribution in [1.82, 2.24) is 9.55 Å². The normalized spacial score (nSPS) is 10.4. The van der Waals surface area contributed by atoms with Gasteiger partial charge in [-0.3, -0.25) is 4.79 Å². The lowest BCUT2D eigenvalue weighted by atomic mass is 10.2. The van der Waals surface area contributed by atoms with Crippen molar-refractivity contribution in [1.29, 1.82) is 0 Å². The van der Waals surface area contributed by atoms with Crippen molar-refractivity contribution >= 4 is 38.1 Å². The zero-order valence-electron chi connectivity index (χ0n) is 8.23. The van der Waals surface area contributed by atoms with Crippen LogP contribution < -0.4 is 0 Å². The number of rotatable bonds is 3. The van der Waals surface area contributed by atoms with E-state index in [0.29, 0.717) is 17.0 Å². The molecule has 0 unspecified atom stereocenters. The third-order valence-corrected chi connectivity index (χ3v) is 4.07. The molecule has 5 heteroatoms. The first-order valence-electron chi connectivity index (χ1n) is 4.63. The molecule has 16 heavy (non-hydrogen) atoms. The largest absolute Gasteiger partial charge is 0.311 e. The summed E-state index contributed by atoms with van der Waals surface area (Å²) >= 11 is 6.68. The van der Waals surface area contributed by atoms with Gasteiger partial charge in [0.25, 0.3) is 0 Å². The summed E-state index contributed by atoms with van der Waals surface area (Å²) in [5, 5.41) is 0. The molecular formula is C11H8Br2N2O. The molecule has 0 fully saturated rings. The van der Waals surface area contributed by atoms with Gasteiger partial charge in [0.1, 0.15) is 9.21 Å². The highest BCUT2D eigenvalue weighted by Crippen LogP contribution is 2.24. The van der Waals surface area contributed by atoms with Crippen LogP contribution in [0.4, 0.5) is 0 Å². The Labute approximate surface area is 110 Å². The van der Waals surface area contributed by atoms with E-state index >= 15 is 0 Å². The molecule has 1 heterocycles. The molecule has 0 aliphatic carbocycles. The number of nitrogens with zero attached hydrogens (tertiary/aromatic N) is 2. The van der Waals surface area contributed by atoms with Gasteiger partial charge in [-0.15, -0.1) is 0 Å². The molecule has 0 N–H and O–H groups in total. The van der Waals surface area contributed by atoms with Crippen LogP contribution in [0.2, 0.25) is 0 Å². The van der Waals surface area contributed by atoms with Gasteiger partial charge >= 0.3 is 0 Å². The van der Waals surface area contributed by atoms with Crippen LogP contribution in [0.25, 0.3) is 0 Å². The van der Waals surface area contributed by atoms with Crippen LogP contribution in [-0.4, -0.2) is 15.8 Å².